The van der Waals surface area contributed by atoms with Gasteiger partial charge in [-0.2, -0.15) is 0 Å². The van der Waals surface area contributed by atoms with Crippen molar-refractivity contribution >= 4 is 15.7 Å². The second kappa shape index (κ2) is 6.58. The van der Waals surface area contributed by atoms with Crippen molar-refractivity contribution in [3.05, 3.63) is 29.8 Å². The van der Waals surface area contributed by atoms with Crippen LogP contribution in [0.5, 0.6) is 0 Å². The monoisotopic (exact) mass is 310 g/mol. The first-order chi connectivity index (χ1) is 9.99. The van der Waals surface area contributed by atoms with Gasteiger partial charge in [0.2, 0.25) is 0 Å². The van der Waals surface area contributed by atoms with Crippen molar-refractivity contribution in [2.45, 2.75) is 37.1 Å². The molecule has 2 unspecified atom stereocenters. The lowest BCUT2D eigenvalue weighted by Crippen LogP contribution is -2.40. The molecule has 0 radical (unpaired) electrons. The number of sulfone groups is 1. The second-order valence-corrected chi connectivity index (χ2v) is 7.65. The van der Waals surface area contributed by atoms with Gasteiger partial charge in [0, 0.05) is 6.04 Å². The molecular weight excluding hydrogens is 288 g/mol. The number of amides is 1. The maximum Gasteiger partial charge on any atom is 0.252 e. The summed E-state index contributed by atoms with van der Waals surface area (Å²) in [7, 11) is -3.41. The number of hydrogen-bond donors (Lipinski definition) is 2. The normalized spacial score (nSPS) is 22.2. The predicted octanol–water partition coefficient (Wildman–Crippen LogP) is 1.34. The summed E-state index contributed by atoms with van der Waals surface area (Å²) in [5.74, 6) is -0.0662. The molecule has 1 amide bonds. The Morgan fingerprint density at radius 1 is 1.33 bits per heavy atom. The van der Waals surface area contributed by atoms with E-state index in [1.807, 2.05) is 0 Å². The molecular formula is C15H22N2O3S. The molecule has 0 saturated heterocycles. The van der Waals surface area contributed by atoms with Crippen molar-refractivity contribution in [2.24, 2.45) is 11.7 Å². The minimum absolute atomic E-state index is 0.0217. The highest BCUT2D eigenvalue weighted by atomic mass is 32.2. The molecule has 116 valence electrons. The molecule has 2 atom stereocenters. The standard InChI is InChI=1S/C15H22N2O3S/c1-2-21(19,20)14-9-4-3-7-12(14)15(18)17-13-8-5-6-11(13)10-16/h3-4,7,9,11,13H,2,5-6,8,10,16H2,1H3,(H,17,18). The van der Waals surface area contributed by atoms with E-state index in [0.29, 0.717) is 6.54 Å². The number of nitrogens with two attached hydrogens (primary N) is 1. The molecule has 1 saturated carbocycles. The van der Waals surface area contributed by atoms with Gasteiger partial charge in [-0.3, -0.25) is 4.79 Å². The van der Waals surface area contributed by atoms with Gasteiger partial charge in [0.05, 0.1) is 16.2 Å². The maximum atomic E-state index is 12.4. The Morgan fingerprint density at radius 3 is 2.71 bits per heavy atom. The Kier molecular flexibility index (Phi) is 5.00. The average Bonchev–Trinajstić information content (AvgIpc) is 2.94. The molecule has 5 nitrogen and oxygen atoms in total. The van der Waals surface area contributed by atoms with Crippen molar-refractivity contribution in [3.8, 4) is 0 Å². The van der Waals surface area contributed by atoms with E-state index < -0.39 is 9.84 Å². The third-order valence-electron chi connectivity index (χ3n) is 4.13. The zero-order valence-corrected chi connectivity index (χ0v) is 13.0. The van der Waals surface area contributed by atoms with Crippen LogP contribution in [0.15, 0.2) is 29.2 Å². The largest absolute Gasteiger partial charge is 0.349 e. The summed E-state index contributed by atoms with van der Waals surface area (Å²) in [5, 5.41) is 2.95. The summed E-state index contributed by atoms with van der Waals surface area (Å²) >= 11 is 0. The Hall–Kier alpha value is -1.40. The molecule has 2 rings (SSSR count). The molecule has 6 heteroatoms. The highest BCUT2D eigenvalue weighted by molar-refractivity contribution is 7.91. The smallest absolute Gasteiger partial charge is 0.252 e. The van der Waals surface area contributed by atoms with Gasteiger partial charge in [0.1, 0.15) is 0 Å². The Balaban J connectivity index is 2.24. The third-order valence-corrected chi connectivity index (χ3v) is 5.91. The highest BCUT2D eigenvalue weighted by Crippen LogP contribution is 2.25. The third kappa shape index (κ3) is 3.44. The van der Waals surface area contributed by atoms with Gasteiger partial charge in [0.25, 0.3) is 5.91 Å². The molecule has 1 aliphatic carbocycles. The van der Waals surface area contributed by atoms with E-state index in [1.165, 1.54) is 6.07 Å². The van der Waals surface area contributed by atoms with Crippen LogP contribution in [0.1, 0.15) is 36.5 Å². The minimum Gasteiger partial charge on any atom is -0.349 e. The van der Waals surface area contributed by atoms with E-state index in [2.05, 4.69) is 5.32 Å². The van der Waals surface area contributed by atoms with E-state index in [4.69, 9.17) is 5.73 Å². The second-order valence-electron chi connectivity index (χ2n) is 5.41. The molecule has 1 aromatic carbocycles. The number of benzene rings is 1. The van der Waals surface area contributed by atoms with E-state index in [1.54, 1.807) is 25.1 Å². The molecule has 1 aromatic rings. The molecule has 0 spiro atoms. The average molecular weight is 310 g/mol. The first-order valence-corrected chi connectivity index (χ1v) is 8.97. The molecule has 1 aliphatic rings. The number of carbonyl (C=O) groups excluding carboxylic acids is 1. The number of rotatable bonds is 5. The van der Waals surface area contributed by atoms with E-state index in [0.717, 1.165) is 19.3 Å². The molecule has 3 N–H and O–H groups in total. The van der Waals surface area contributed by atoms with Crippen LogP contribution in [-0.4, -0.2) is 32.7 Å². The lowest BCUT2D eigenvalue weighted by atomic mass is 10.0. The fourth-order valence-corrected chi connectivity index (χ4v) is 3.93. The summed E-state index contributed by atoms with van der Waals surface area (Å²) in [6.45, 7) is 2.12. The summed E-state index contributed by atoms with van der Waals surface area (Å²) in [5.41, 5.74) is 5.94. The molecule has 0 heterocycles. The summed E-state index contributed by atoms with van der Waals surface area (Å²) in [6.07, 6.45) is 2.95. The van der Waals surface area contributed by atoms with Crippen LogP contribution in [0.3, 0.4) is 0 Å². The van der Waals surface area contributed by atoms with Crippen LogP contribution >= 0.6 is 0 Å². The zero-order chi connectivity index (χ0) is 15.5. The summed E-state index contributed by atoms with van der Waals surface area (Å²) in [6, 6.07) is 6.41. The van der Waals surface area contributed by atoms with Crippen molar-refractivity contribution < 1.29 is 13.2 Å². The number of hydrogen-bond acceptors (Lipinski definition) is 4. The first-order valence-electron chi connectivity index (χ1n) is 7.32. The van der Waals surface area contributed by atoms with Gasteiger partial charge < -0.3 is 11.1 Å². The molecule has 0 bridgehead atoms. The summed E-state index contributed by atoms with van der Waals surface area (Å²) in [4.78, 5) is 12.5. The minimum atomic E-state index is -3.41. The van der Waals surface area contributed by atoms with Crippen molar-refractivity contribution in [1.29, 1.82) is 0 Å². The molecule has 0 aliphatic heterocycles. The van der Waals surface area contributed by atoms with Gasteiger partial charge in [-0.05, 0) is 37.4 Å². The Bertz CT molecular complexity index is 613. The van der Waals surface area contributed by atoms with Gasteiger partial charge in [0.15, 0.2) is 9.84 Å². The maximum absolute atomic E-state index is 12.4. The van der Waals surface area contributed by atoms with Gasteiger partial charge >= 0.3 is 0 Å². The van der Waals surface area contributed by atoms with Crippen molar-refractivity contribution in [2.75, 3.05) is 12.3 Å². The highest BCUT2D eigenvalue weighted by Gasteiger charge is 2.29. The predicted molar refractivity (Wildman–Crippen MR) is 81.8 cm³/mol. The van der Waals surface area contributed by atoms with Gasteiger partial charge in [-0.25, -0.2) is 8.42 Å². The SMILES string of the molecule is CCS(=O)(=O)c1ccccc1C(=O)NC1CCCC1CN. The molecule has 1 fully saturated rings. The number of carbonyl (C=O) groups is 1. The van der Waals surface area contributed by atoms with Crippen LogP contribution in [0.25, 0.3) is 0 Å². The topological polar surface area (TPSA) is 89.3 Å². The van der Waals surface area contributed by atoms with Gasteiger partial charge in [-0.15, -0.1) is 0 Å². The van der Waals surface area contributed by atoms with E-state index >= 15 is 0 Å². The Morgan fingerprint density at radius 2 is 2.05 bits per heavy atom. The van der Waals surface area contributed by atoms with Crippen molar-refractivity contribution in [1.82, 2.24) is 5.32 Å². The quantitative estimate of drug-likeness (QED) is 0.859. The zero-order valence-electron chi connectivity index (χ0n) is 12.2. The molecule has 21 heavy (non-hydrogen) atoms. The van der Waals surface area contributed by atoms with Crippen LogP contribution in [0.4, 0.5) is 0 Å². The lowest BCUT2D eigenvalue weighted by molar-refractivity contribution is 0.0925. The van der Waals surface area contributed by atoms with E-state index in [-0.39, 0.29) is 34.1 Å². The first kappa shape index (κ1) is 16.0. The van der Waals surface area contributed by atoms with Crippen LogP contribution in [0, 0.1) is 5.92 Å². The molecule has 0 aromatic heterocycles. The fraction of sp³-hybridized carbons (Fsp3) is 0.533. The number of nitrogens with one attached hydrogen (secondary N) is 1. The Labute approximate surface area is 125 Å². The van der Waals surface area contributed by atoms with Crippen LogP contribution in [-0.2, 0) is 9.84 Å². The lowest BCUT2D eigenvalue weighted by Gasteiger charge is -2.20. The van der Waals surface area contributed by atoms with Crippen LogP contribution in [0.2, 0.25) is 0 Å². The van der Waals surface area contributed by atoms with E-state index in [9.17, 15) is 13.2 Å². The van der Waals surface area contributed by atoms with Crippen molar-refractivity contribution in [3.63, 3.8) is 0 Å². The van der Waals surface area contributed by atoms with Gasteiger partial charge in [-0.1, -0.05) is 25.5 Å². The fourth-order valence-electron chi connectivity index (χ4n) is 2.84. The van der Waals surface area contributed by atoms with Crippen LogP contribution < -0.4 is 11.1 Å². The summed E-state index contributed by atoms with van der Waals surface area (Å²) < 4.78 is 24.2.